The molecular weight excluding hydrogens is 416 g/mol. The molecule has 2 aliphatic heterocycles. The monoisotopic (exact) mass is 446 g/mol. The van der Waals surface area contributed by atoms with Gasteiger partial charge in [-0.2, -0.15) is 15.3 Å². The molecule has 0 radical (unpaired) electrons. The Bertz CT molecular complexity index is 1130. The first-order valence-electron chi connectivity index (χ1n) is 11.6. The maximum absolute atomic E-state index is 9.04. The van der Waals surface area contributed by atoms with Gasteiger partial charge in [-0.3, -0.25) is 10.00 Å². The number of H-pyrrole nitrogens is 1. The summed E-state index contributed by atoms with van der Waals surface area (Å²) in [4.78, 5) is 16.6. The number of piperidine rings is 2. The molecule has 0 aromatic carbocycles. The summed E-state index contributed by atoms with van der Waals surface area (Å²) in [5.74, 6) is 1.98. The van der Waals surface area contributed by atoms with Gasteiger partial charge in [0.2, 0.25) is 5.95 Å². The molecule has 2 fully saturated rings. The fraction of sp³-hybridized carbons (Fsp3) is 0.522. The van der Waals surface area contributed by atoms with Crippen LogP contribution in [0, 0.1) is 18.3 Å². The second kappa shape index (κ2) is 9.19. The highest BCUT2D eigenvalue weighted by Crippen LogP contribution is 2.35. The van der Waals surface area contributed by atoms with Gasteiger partial charge in [0.15, 0.2) is 5.82 Å². The molecule has 10 heteroatoms. The average Bonchev–Trinajstić information content (AvgIpc) is 3.40. The summed E-state index contributed by atoms with van der Waals surface area (Å²) < 4.78 is 1.91. The van der Waals surface area contributed by atoms with Crippen LogP contribution >= 0.6 is 0 Å². The highest BCUT2D eigenvalue weighted by atomic mass is 15.2. The lowest BCUT2D eigenvalue weighted by atomic mass is 9.81. The molecule has 0 amide bonds. The molecule has 3 aromatic rings. The van der Waals surface area contributed by atoms with Gasteiger partial charge in [-0.05, 0) is 32.6 Å². The van der Waals surface area contributed by atoms with Crippen molar-refractivity contribution >= 4 is 17.6 Å². The molecule has 10 nitrogen and oxygen atoms in total. The Morgan fingerprint density at radius 2 is 1.97 bits per heavy atom. The average molecular weight is 447 g/mol. The smallest absolute Gasteiger partial charge is 0.225 e. The van der Waals surface area contributed by atoms with Crippen LogP contribution in [-0.2, 0) is 7.05 Å². The van der Waals surface area contributed by atoms with Crippen LogP contribution in [0.3, 0.4) is 0 Å². The van der Waals surface area contributed by atoms with Gasteiger partial charge in [-0.15, -0.1) is 0 Å². The molecule has 5 rings (SSSR count). The van der Waals surface area contributed by atoms with Crippen molar-refractivity contribution in [1.29, 1.82) is 5.26 Å². The van der Waals surface area contributed by atoms with Gasteiger partial charge in [0.25, 0.3) is 0 Å². The molecule has 0 spiro atoms. The second-order valence-corrected chi connectivity index (χ2v) is 9.14. The Morgan fingerprint density at radius 3 is 2.64 bits per heavy atom. The van der Waals surface area contributed by atoms with E-state index in [1.807, 2.05) is 36.9 Å². The van der Waals surface area contributed by atoms with Crippen molar-refractivity contribution < 1.29 is 0 Å². The minimum absolute atomic E-state index is 0.304. The van der Waals surface area contributed by atoms with Crippen LogP contribution in [0.5, 0.6) is 0 Å². The second-order valence-electron chi connectivity index (χ2n) is 9.14. The van der Waals surface area contributed by atoms with Crippen LogP contribution in [0.4, 0.5) is 17.6 Å². The Labute approximate surface area is 193 Å². The third-order valence-electron chi connectivity index (χ3n) is 6.60. The van der Waals surface area contributed by atoms with Crippen molar-refractivity contribution in [2.24, 2.45) is 7.05 Å². The zero-order valence-electron chi connectivity index (χ0n) is 19.1. The van der Waals surface area contributed by atoms with E-state index in [2.05, 4.69) is 36.8 Å². The SMILES string of the molecule is Cc1cc(Nc2cc(-c3cn(C)cn3)nc(N[C@@H]3C[C@H]4CCC[C@@H](C3)N4CCC#N)n2)n[nH]1. The first-order valence-corrected chi connectivity index (χ1v) is 11.6. The molecule has 3 atom stereocenters. The zero-order valence-corrected chi connectivity index (χ0v) is 19.1. The lowest BCUT2D eigenvalue weighted by Crippen LogP contribution is -2.55. The number of aromatic nitrogens is 6. The summed E-state index contributed by atoms with van der Waals surface area (Å²) in [6.45, 7) is 2.84. The third-order valence-corrected chi connectivity index (χ3v) is 6.60. The van der Waals surface area contributed by atoms with Gasteiger partial charge in [-0.1, -0.05) is 6.42 Å². The van der Waals surface area contributed by atoms with Crippen molar-refractivity contribution in [3.05, 3.63) is 30.4 Å². The van der Waals surface area contributed by atoms with Crippen molar-refractivity contribution in [2.75, 3.05) is 17.2 Å². The van der Waals surface area contributed by atoms with Crippen LogP contribution in [-0.4, -0.2) is 59.3 Å². The van der Waals surface area contributed by atoms with Gasteiger partial charge in [0.05, 0.1) is 18.1 Å². The molecule has 172 valence electrons. The number of imidazole rings is 1. The van der Waals surface area contributed by atoms with Crippen molar-refractivity contribution in [3.8, 4) is 17.5 Å². The first-order chi connectivity index (χ1) is 16.1. The fourth-order valence-electron chi connectivity index (χ4n) is 5.19. The highest BCUT2D eigenvalue weighted by Gasteiger charge is 2.38. The standard InChI is InChI=1S/C23H30N10/c1-15-9-22(31-30-15)28-21-12-19(20-13-32(2)14-25-20)27-23(29-21)26-16-10-17-5-3-6-18(11-16)33(17)8-4-7-24/h9,12-14,16-18H,3-6,8,10-11H2,1-2H3,(H3,26,27,28,29,30,31)/t16-,17-,18+. The number of nitrogens with one attached hydrogen (secondary N) is 3. The molecule has 0 aliphatic carbocycles. The van der Waals surface area contributed by atoms with Gasteiger partial charge in [0, 0.05) is 62.2 Å². The fourth-order valence-corrected chi connectivity index (χ4v) is 5.19. The summed E-state index contributed by atoms with van der Waals surface area (Å²) in [5.41, 5.74) is 2.53. The van der Waals surface area contributed by atoms with Gasteiger partial charge < -0.3 is 15.2 Å². The molecule has 5 heterocycles. The minimum Gasteiger partial charge on any atom is -0.351 e. The van der Waals surface area contributed by atoms with E-state index in [-0.39, 0.29) is 0 Å². The van der Waals surface area contributed by atoms with Crippen LogP contribution in [0.1, 0.15) is 44.2 Å². The molecule has 3 N–H and O–H groups in total. The zero-order chi connectivity index (χ0) is 22.8. The molecular formula is C23H30N10. The van der Waals surface area contributed by atoms with E-state index < -0.39 is 0 Å². The van der Waals surface area contributed by atoms with Crippen LogP contribution in [0.25, 0.3) is 11.4 Å². The lowest BCUT2D eigenvalue weighted by Gasteiger charge is -2.48. The van der Waals surface area contributed by atoms with Crippen molar-refractivity contribution in [3.63, 3.8) is 0 Å². The summed E-state index contributed by atoms with van der Waals surface area (Å²) in [5, 5.41) is 23.2. The summed E-state index contributed by atoms with van der Waals surface area (Å²) >= 11 is 0. The van der Waals surface area contributed by atoms with E-state index in [9.17, 15) is 0 Å². The third kappa shape index (κ3) is 4.83. The topological polar surface area (TPSA) is 123 Å². The Balaban J connectivity index is 1.38. The Kier molecular flexibility index (Phi) is 5.96. The van der Waals surface area contributed by atoms with E-state index in [1.54, 1.807) is 6.33 Å². The van der Waals surface area contributed by atoms with E-state index in [0.29, 0.717) is 42.1 Å². The summed E-state index contributed by atoms with van der Waals surface area (Å²) in [7, 11) is 1.95. The maximum atomic E-state index is 9.04. The number of nitrogens with zero attached hydrogens (tertiary/aromatic N) is 7. The molecule has 3 aromatic heterocycles. The number of hydrogen-bond acceptors (Lipinski definition) is 8. The molecule has 2 aliphatic rings. The lowest BCUT2D eigenvalue weighted by molar-refractivity contribution is 0.0369. The van der Waals surface area contributed by atoms with E-state index in [0.717, 1.165) is 36.5 Å². The summed E-state index contributed by atoms with van der Waals surface area (Å²) in [6, 6.07) is 7.49. The van der Waals surface area contributed by atoms with Crippen LogP contribution < -0.4 is 10.6 Å². The first kappa shape index (κ1) is 21.4. The van der Waals surface area contributed by atoms with Crippen LogP contribution in [0.2, 0.25) is 0 Å². The van der Waals surface area contributed by atoms with Gasteiger partial charge in [0.1, 0.15) is 11.5 Å². The largest absolute Gasteiger partial charge is 0.351 e. The van der Waals surface area contributed by atoms with Crippen LogP contribution in [0.15, 0.2) is 24.7 Å². The Hall–Kier alpha value is -3.45. The van der Waals surface area contributed by atoms with Gasteiger partial charge in [-0.25, -0.2) is 9.97 Å². The highest BCUT2D eigenvalue weighted by molar-refractivity contribution is 5.63. The number of rotatable bonds is 7. The maximum Gasteiger partial charge on any atom is 0.225 e. The summed E-state index contributed by atoms with van der Waals surface area (Å²) in [6.07, 6.45) is 10.1. The molecule has 0 saturated carbocycles. The Morgan fingerprint density at radius 1 is 1.15 bits per heavy atom. The van der Waals surface area contributed by atoms with E-state index in [4.69, 9.17) is 15.2 Å². The van der Waals surface area contributed by atoms with E-state index >= 15 is 0 Å². The van der Waals surface area contributed by atoms with Gasteiger partial charge >= 0.3 is 0 Å². The molecule has 2 bridgehead atoms. The molecule has 0 unspecified atom stereocenters. The molecule has 33 heavy (non-hydrogen) atoms. The predicted octanol–water partition coefficient (Wildman–Crippen LogP) is 3.36. The number of fused-ring (bicyclic) bond motifs is 2. The number of nitriles is 1. The number of aromatic amines is 1. The molecule has 2 saturated heterocycles. The number of hydrogen-bond donors (Lipinski definition) is 3. The number of aryl methyl sites for hydroxylation is 2. The van der Waals surface area contributed by atoms with E-state index in [1.165, 1.54) is 19.3 Å². The quantitative estimate of drug-likeness (QED) is 0.505. The van der Waals surface area contributed by atoms with Crippen molar-refractivity contribution in [2.45, 2.75) is 63.6 Å². The predicted molar refractivity (Wildman–Crippen MR) is 126 cm³/mol. The minimum atomic E-state index is 0.304. The normalized spacial score (nSPS) is 22.6. The van der Waals surface area contributed by atoms with Crippen molar-refractivity contribution in [1.82, 2.24) is 34.6 Å². The number of anilines is 3.